The second-order valence-electron chi connectivity index (χ2n) is 16.6. The molecule has 6 heteroatoms. The van der Waals surface area contributed by atoms with Crippen molar-refractivity contribution in [1.29, 1.82) is 0 Å². The van der Waals surface area contributed by atoms with Crippen LogP contribution in [0.3, 0.4) is 0 Å². The fraction of sp³-hybridized carbons (Fsp3) is 0.660. The molecule has 0 aliphatic rings. The molecule has 4 rings (SSSR count). The highest BCUT2D eigenvalue weighted by Crippen LogP contribution is 2.50. The Morgan fingerprint density at radius 1 is 0.288 bits per heavy atom. The van der Waals surface area contributed by atoms with E-state index < -0.39 is 0 Å². The number of fused-ring (bicyclic) bond motifs is 6. The maximum Gasteiger partial charge on any atom is 0.165 e. The predicted molar refractivity (Wildman–Crippen MR) is 252 cm³/mol. The van der Waals surface area contributed by atoms with Gasteiger partial charge in [0, 0.05) is 5.56 Å². The maximum absolute atomic E-state index is 6.91. The summed E-state index contributed by atoms with van der Waals surface area (Å²) in [6, 6.07) is 11.3. The lowest BCUT2D eigenvalue weighted by Crippen LogP contribution is -2.07. The lowest BCUT2D eigenvalue weighted by molar-refractivity contribution is 0.258. The Morgan fingerprint density at radius 2 is 0.559 bits per heavy atom. The minimum atomic E-state index is 0.660. The van der Waals surface area contributed by atoms with Crippen LogP contribution in [-0.4, -0.2) is 39.6 Å². The van der Waals surface area contributed by atoms with E-state index in [0.717, 1.165) is 203 Å². The molecule has 0 radical (unpaired) electrons. The summed E-state index contributed by atoms with van der Waals surface area (Å²) in [7, 11) is 0. The molecule has 0 bridgehead atoms. The molecule has 0 N–H and O–H groups in total. The number of ether oxygens (including phenoxy) is 6. The van der Waals surface area contributed by atoms with Crippen molar-refractivity contribution in [2.75, 3.05) is 39.6 Å². The van der Waals surface area contributed by atoms with Gasteiger partial charge in [0.2, 0.25) is 0 Å². The third-order valence-corrected chi connectivity index (χ3v) is 11.4. The summed E-state index contributed by atoms with van der Waals surface area (Å²) in [5.41, 5.74) is 1.24. The molecule has 0 amide bonds. The molecule has 0 saturated heterocycles. The topological polar surface area (TPSA) is 55.4 Å². The summed E-state index contributed by atoms with van der Waals surface area (Å²) < 4.78 is 40.3. The highest BCUT2D eigenvalue weighted by molar-refractivity contribution is 6.27. The molecule has 0 unspecified atom stereocenters. The van der Waals surface area contributed by atoms with Gasteiger partial charge in [0.1, 0.15) is 0 Å². The molecule has 4 aromatic rings. The SMILES string of the molecule is CCCCCOc1cc2c3cc(OCCCCC)c(OCCCCC)cc3c3c(CCCCC)c(OCCCCC)c(OCCCCC)cc3c2cc1OCCCCC. The van der Waals surface area contributed by atoms with Gasteiger partial charge in [0.15, 0.2) is 34.5 Å². The Kier molecular flexibility index (Phi) is 22.9. The Hall–Kier alpha value is -3.54. The predicted octanol–water partition coefficient (Wildman–Crippen LogP) is 16.3. The molecule has 0 saturated carbocycles. The van der Waals surface area contributed by atoms with Gasteiger partial charge in [-0.1, -0.05) is 138 Å². The van der Waals surface area contributed by atoms with E-state index in [1.54, 1.807) is 0 Å². The molecule has 0 aliphatic heterocycles. The summed E-state index contributed by atoms with van der Waals surface area (Å²) in [6.07, 6.45) is 24.1. The third-order valence-electron chi connectivity index (χ3n) is 11.4. The van der Waals surface area contributed by atoms with E-state index in [4.69, 9.17) is 28.4 Å². The first-order valence-electron chi connectivity index (χ1n) is 24.4. The van der Waals surface area contributed by atoms with Gasteiger partial charge in [-0.25, -0.2) is 0 Å². The molecule has 0 spiro atoms. The largest absolute Gasteiger partial charge is 0.490 e. The first-order chi connectivity index (χ1) is 29.1. The number of unbranched alkanes of at least 4 members (excludes halogenated alkanes) is 14. The van der Waals surface area contributed by atoms with Crippen LogP contribution in [0.2, 0.25) is 0 Å². The number of aryl methyl sites for hydroxylation is 1. The number of hydrogen-bond acceptors (Lipinski definition) is 6. The normalized spacial score (nSPS) is 11.5. The van der Waals surface area contributed by atoms with Crippen molar-refractivity contribution in [2.24, 2.45) is 0 Å². The monoisotopic (exact) mass is 815 g/mol. The molecule has 0 aromatic heterocycles. The molecular weight excluding hydrogens is 733 g/mol. The second kappa shape index (κ2) is 28.1. The van der Waals surface area contributed by atoms with Crippen molar-refractivity contribution in [2.45, 2.75) is 190 Å². The van der Waals surface area contributed by atoms with Gasteiger partial charge >= 0.3 is 0 Å². The summed E-state index contributed by atoms with van der Waals surface area (Å²) >= 11 is 0. The fourth-order valence-corrected chi connectivity index (χ4v) is 7.91. The van der Waals surface area contributed by atoms with Crippen LogP contribution in [-0.2, 0) is 6.42 Å². The van der Waals surface area contributed by atoms with E-state index in [1.807, 2.05) is 0 Å². The van der Waals surface area contributed by atoms with Crippen molar-refractivity contribution in [3.8, 4) is 34.5 Å². The number of benzene rings is 4. The summed E-state index contributed by atoms with van der Waals surface area (Å²) in [5.74, 6) is 5.04. The zero-order valence-electron chi connectivity index (χ0n) is 38.6. The quantitative estimate of drug-likeness (QED) is 0.0346. The smallest absolute Gasteiger partial charge is 0.165 e. The van der Waals surface area contributed by atoms with Crippen LogP contribution in [0.15, 0.2) is 30.3 Å². The van der Waals surface area contributed by atoms with E-state index in [0.29, 0.717) is 39.6 Å². The van der Waals surface area contributed by atoms with Crippen LogP contribution in [0.5, 0.6) is 34.5 Å². The van der Waals surface area contributed by atoms with Gasteiger partial charge in [-0.15, -0.1) is 0 Å². The highest BCUT2D eigenvalue weighted by atomic mass is 16.5. The Bertz CT molecular complexity index is 1720. The van der Waals surface area contributed by atoms with Gasteiger partial charge in [0.25, 0.3) is 0 Å². The van der Waals surface area contributed by atoms with Gasteiger partial charge in [-0.05, 0) is 114 Å². The summed E-state index contributed by atoms with van der Waals surface area (Å²) in [5, 5.41) is 6.95. The molecule has 0 heterocycles. The van der Waals surface area contributed by atoms with E-state index >= 15 is 0 Å². The molecule has 0 fully saturated rings. The molecule has 330 valence electrons. The zero-order chi connectivity index (χ0) is 42.1. The van der Waals surface area contributed by atoms with Gasteiger partial charge in [0.05, 0.1) is 39.6 Å². The van der Waals surface area contributed by atoms with Crippen molar-refractivity contribution in [3.05, 3.63) is 35.9 Å². The van der Waals surface area contributed by atoms with Crippen molar-refractivity contribution in [3.63, 3.8) is 0 Å². The molecule has 0 atom stereocenters. The molecule has 0 aliphatic carbocycles. The maximum atomic E-state index is 6.91. The zero-order valence-corrected chi connectivity index (χ0v) is 38.6. The van der Waals surface area contributed by atoms with Gasteiger partial charge in [-0.2, -0.15) is 0 Å². The lowest BCUT2D eigenvalue weighted by atomic mass is 9.88. The second-order valence-corrected chi connectivity index (χ2v) is 16.6. The van der Waals surface area contributed by atoms with Crippen molar-refractivity contribution in [1.82, 2.24) is 0 Å². The highest BCUT2D eigenvalue weighted by Gasteiger charge is 2.24. The van der Waals surface area contributed by atoms with Crippen LogP contribution < -0.4 is 28.4 Å². The van der Waals surface area contributed by atoms with Crippen LogP contribution >= 0.6 is 0 Å². The van der Waals surface area contributed by atoms with Crippen LogP contribution in [0.4, 0.5) is 0 Å². The Balaban J connectivity index is 2.13. The first-order valence-corrected chi connectivity index (χ1v) is 24.4. The molecule has 6 nitrogen and oxygen atoms in total. The van der Waals surface area contributed by atoms with Crippen molar-refractivity contribution >= 4 is 32.3 Å². The van der Waals surface area contributed by atoms with Crippen LogP contribution in [0.25, 0.3) is 32.3 Å². The molecule has 59 heavy (non-hydrogen) atoms. The molecular formula is C53H82O6. The van der Waals surface area contributed by atoms with E-state index in [2.05, 4.69) is 78.8 Å². The molecule has 4 aromatic carbocycles. The number of hydrogen-bond donors (Lipinski definition) is 0. The van der Waals surface area contributed by atoms with E-state index in [1.165, 1.54) is 10.9 Å². The summed E-state index contributed by atoms with van der Waals surface area (Å²) in [6.45, 7) is 19.7. The van der Waals surface area contributed by atoms with Gasteiger partial charge in [-0.3, -0.25) is 0 Å². The first kappa shape index (κ1) is 48.1. The Labute approximate surface area is 359 Å². The van der Waals surface area contributed by atoms with Gasteiger partial charge < -0.3 is 28.4 Å². The lowest BCUT2D eigenvalue weighted by Gasteiger charge is -2.23. The van der Waals surface area contributed by atoms with Crippen LogP contribution in [0.1, 0.15) is 189 Å². The van der Waals surface area contributed by atoms with Crippen molar-refractivity contribution < 1.29 is 28.4 Å². The minimum Gasteiger partial charge on any atom is -0.490 e. The summed E-state index contributed by atoms with van der Waals surface area (Å²) in [4.78, 5) is 0. The van der Waals surface area contributed by atoms with E-state index in [-0.39, 0.29) is 0 Å². The standard InChI is InChI=1S/C53H82O6/c1-8-15-22-29-41-52-45-39-50(57-33-26-19-12-5)49(56-32-25-18-11-4)37-43(45)42-36-47(54-30-23-16-9-2)48(55-31-24-17-10-3)38-44(42)46(52)40-51(58-34-27-20-13-6)53(41)59-35-28-21-14-7/h36-40H,8-35H2,1-7H3. The Morgan fingerprint density at radius 3 is 0.915 bits per heavy atom. The average Bonchev–Trinajstić information content (AvgIpc) is 3.25. The fourth-order valence-electron chi connectivity index (χ4n) is 7.91. The van der Waals surface area contributed by atoms with Crippen LogP contribution in [0, 0.1) is 0 Å². The van der Waals surface area contributed by atoms with E-state index in [9.17, 15) is 0 Å². The minimum absolute atomic E-state index is 0.660. The average molecular weight is 815 g/mol. The number of rotatable bonds is 34. The third kappa shape index (κ3) is 14.6.